The first-order chi connectivity index (χ1) is 10.1. The second kappa shape index (κ2) is 8.12. The predicted octanol–water partition coefficient (Wildman–Crippen LogP) is 0.264. The van der Waals surface area contributed by atoms with Crippen LogP contribution in [-0.4, -0.2) is 63.3 Å². The van der Waals surface area contributed by atoms with E-state index >= 15 is 0 Å². The van der Waals surface area contributed by atoms with Crippen LogP contribution in [0.25, 0.3) is 0 Å². The Kier molecular flexibility index (Phi) is 6.17. The minimum absolute atomic E-state index is 0.0232. The van der Waals surface area contributed by atoms with E-state index < -0.39 is 0 Å². The van der Waals surface area contributed by atoms with Gasteiger partial charge < -0.3 is 20.3 Å². The molecule has 1 fully saturated rings. The molecule has 0 aromatic heterocycles. The molecule has 21 heavy (non-hydrogen) atoms. The summed E-state index contributed by atoms with van der Waals surface area (Å²) in [6, 6.07) is 10.3. The van der Waals surface area contributed by atoms with Crippen molar-refractivity contribution in [2.24, 2.45) is 0 Å². The van der Waals surface area contributed by atoms with Crippen LogP contribution < -0.4 is 10.6 Å². The number of benzene rings is 1. The molecule has 2 rings (SSSR count). The molecular formula is C16H25N3O2. The monoisotopic (exact) mass is 291 g/mol. The van der Waals surface area contributed by atoms with Gasteiger partial charge in [0, 0.05) is 25.7 Å². The lowest BCUT2D eigenvalue weighted by Crippen LogP contribution is -2.52. The second-order valence-corrected chi connectivity index (χ2v) is 5.72. The number of likely N-dealkylation sites (N-methyl/N-ethyl adjacent to an activating group) is 1. The van der Waals surface area contributed by atoms with E-state index in [-0.39, 0.29) is 18.1 Å². The lowest BCUT2D eigenvalue weighted by molar-refractivity contribution is -0.135. The Balaban J connectivity index is 1.93. The maximum atomic E-state index is 12.3. The van der Waals surface area contributed by atoms with E-state index in [2.05, 4.69) is 27.7 Å². The van der Waals surface area contributed by atoms with Crippen molar-refractivity contribution in [1.82, 2.24) is 15.5 Å². The van der Waals surface area contributed by atoms with Crippen LogP contribution in [0.1, 0.15) is 5.56 Å². The van der Waals surface area contributed by atoms with Crippen LogP contribution in [0.15, 0.2) is 30.3 Å². The summed E-state index contributed by atoms with van der Waals surface area (Å²) < 4.78 is 5.51. The van der Waals surface area contributed by atoms with Crippen molar-refractivity contribution in [3.05, 3.63) is 35.9 Å². The first-order valence-electron chi connectivity index (χ1n) is 7.46. The summed E-state index contributed by atoms with van der Waals surface area (Å²) in [5.74, 6) is -0.0232. The fraction of sp³-hybridized carbons (Fsp3) is 0.562. The molecule has 2 unspecified atom stereocenters. The fourth-order valence-electron chi connectivity index (χ4n) is 2.53. The van der Waals surface area contributed by atoms with Gasteiger partial charge in [-0.25, -0.2) is 0 Å². The highest BCUT2D eigenvalue weighted by atomic mass is 16.5. The summed E-state index contributed by atoms with van der Waals surface area (Å²) in [6.07, 6.45) is 0.449. The zero-order valence-electron chi connectivity index (χ0n) is 12.8. The van der Waals surface area contributed by atoms with Gasteiger partial charge in [-0.2, -0.15) is 0 Å². The van der Waals surface area contributed by atoms with Crippen LogP contribution in [0.2, 0.25) is 0 Å². The van der Waals surface area contributed by atoms with Gasteiger partial charge in [0.25, 0.3) is 5.91 Å². The summed E-state index contributed by atoms with van der Waals surface area (Å²) in [4.78, 5) is 14.4. The third-order valence-electron chi connectivity index (χ3n) is 3.48. The Morgan fingerprint density at radius 2 is 2.19 bits per heavy atom. The number of hydrogen-bond donors (Lipinski definition) is 2. The number of carbonyl (C=O) groups excluding carboxylic acids is 1. The number of rotatable bonds is 6. The molecule has 0 bridgehead atoms. The summed E-state index contributed by atoms with van der Waals surface area (Å²) in [6.45, 7) is 2.80. The minimum Gasteiger partial charge on any atom is -0.366 e. The first kappa shape index (κ1) is 15.9. The molecule has 2 N–H and O–H groups in total. The van der Waals surface area contributed by atoms with Crippen molar-refractivity contribution in [3.63, 3.8) is 0 Å². The van der Waals surface area contributed by atoms with E-state index in [0.29, 0.717) is 13.2 Å². The molecule has 5 nitrogen and oxygen atoms in total. The number of nitrogens with zero attached hydrogens (tertiary/aromatic N) is 1. The van der Waals surface area contributed by atoms with Gasteiger partial charge in [0.2, 0.25) is 0 Å². The molecule has 1 aromatic rings. The molecule has 1 heterocycles. The maximum absolute atomic E-state index is 12.3. The molecule has 0 spiro atoms. The molecule has 1 aromatic carbocycles. The molecule has 1 aliphatic rings. The lowest BCUT2D eigenvalue weighted by Gasteiger charge is -2.27. The predicted molar refractivity (Wildman–Crippen MR) is 83.2 cm³/mol. The molecule has 0 radical (unpaired) electrons. The van der Waals surface area contributed by atoms with Crippen molar-refractivity contribution < 1.29 is 9.53 Å². The van der Waals surface area contributed by atoms with Crippen molar-refractivity contribution >= 4 is 5.91 Å². The third kappa shape index (κ3) is 5.46. The Morgan fingerprint density at radius 1 is 1.43 bits per heavy atom. The summed E-state index contributed by atoms with van der Waals surface area (Å²) in [5, 5.41) is 6.30. The smallest absolute Gasteiger partial charge is 0.250 e. The summed E-state index contributed by atoms with van der Waals surface area (Å²) in [5.41, 5.74) is 1.23. The number of amides is 1. The number of hydrogen-bond acceptors (Lipinski definition) is 4. The van der Waals surface area contributed by atoms with Gasteiger partial charge in [0.05, 0.1) is 6.61 Å². The normalized spacial score (nSPS) is 20.2. The summed E-state index contributed by atoms with van der Waals surface area (Å²) >= 11 is 0. The molecule has 2 atom stereocenters. The van der Waals surface area contributed by atoms with Gasteiger partial charge in [0.15, 0.2) is 0 Å². The number of carbonyl (C=O) groups is 1. The van der Waals surface area contributed by atoms with Crippen LogP contribution in [-0.2, 0) is 16.0 Å². The van der Waals surface area contributed by atoms with Crippen molar-refractivity contribution in [2.75, 3.05) is 40.3 Å². The molecule has 1 aliphatic heterocycles. The van der Waals surface area contributed by atoms with Crippen LogP contribution in [0.3, 0.4) is 0 Å². The van der Waals surface area contributed by atoms with E-state index in [1.54, 1.807) is 0 Å². The van der Waals surface area contributed by atoms with Gasteiger partial charge in [-0.05, 0) is 26.1 Å². The van der Waals surface area contributed by atoms with Crippen LogP contribution in [0.5, 0.6) is 0 Å². The molecule has 116 valence electrons. The van der Waals surface area contributed by atoms with Gasteiger partial charge in [-0.15, -0.1) is 0 Å². The van der Waals surface area contributed by atoms with Gasteiger partial charge in [-0.1, -0.05) is 30.3 Å². The highest BCUT2D eigenvalue weighted by Crippen LogP contribution is 2.05. The largest absolute Gasteiger partial charge is 0.366 e. The average molecular weight is 291 g/mol. The molecule has 1 saturated heterocycles. The molecule has 5 heteroatoms. The van der Waals surface area contributed by atoms with Crippen molar-refractivity contribution in [2.45, 2.75) is 18.6 Å². The molecule has 1 amide bonds. The van der Waals surface area contributed by atoms with Gasteiger partial charge in [-0.3, -0.25) is 4.79 Å². The SMILES string of the molecule is CN(C)CC(Cc1ccccc1)NC(=O)C1CNCCO1. The maximum Gasteiger partial charge on any atom is 0.250 e. The molecule has 0 aliphatic carbocycles. The topological polar surface area (TPSA) is 53.6 Å². The Bertz CT molecular complexity index is 430. The first-order valence-corrected chi connectivity index (χ1v) is 7.46. The number of nitrogens with one attached hydrogen (secondary N) is 2. The van der Waals surface area contributed by atoms with Crippen molar-refractivity contribution in [1.29, 1.82) is 0 Å². The average Bonchev–Trinajstić information content (AvgIpc) is 2.48. The lowest BCUT2D eigenvalue weighted by atomic mass is 10.1. The highest BCUT2D eigenvalue weighted by molar-refractivity contribution is 5.81. The van der Waals surface area contributed by atoms with Crippen LogP contribution in [0, 0.1) is 0 Å². The fourth-order valence-corrected chi connectivity index (χ4v) is 2.53. The quantitative estimate of drug-likeness (QED) is 0.790. The van der Waals surface area contributed by atoms with E-state index in [9.17, 15) is 4.79 Å². The third-order valence-corrected chi connectivity index (χ3v) is 3.48. The Morgan fingerprint density at radius 3 is 2.81 bits per heavy atom. The van der Waals surface area contributed by atoms with E-state index in [4.69, 9.17) is 4.74 Å². The van der Waals surface area contributed by atoms with E-state index in [0.717, 1.165) is 19.5 Å². The van der Waals surface area contributed by atoms with Gasteiger partial charge >= 0.3 is 0 Å². The van der Waals surface area contributed by atoms with Crippen molar-refractivity contribution in [3.8, 4) is 0 Å². The zero-order valence-corrected chi connectivity index (χ0v) is 12.8. The molecular weight excluding hydrogens is 266 g/mol. The second-order valence-electron chi connectivity index (χ2n) is 5.72. The highest BCUT2D eigenvalue weighted by Gasteiger charge is 2.24. The zero-order chi connectivity index (χ0) is 15.1. The Hall–Kier alpha value is -1.43. The van der Waals surface area contributed by atoms with Crippen LogP contribution >= 0.6 is 0 Å². The minimum atomic E-state index is -0.376. The number of morpholine rings is 1. The van der Waals surface area contributed by atoms with Gasteiger partial charge in [0.1, 0.15) is 6.10 Å². The standard InChI is InChI=1S/C16H25N3O2/c1-19(2)12-14(10-13-6-4-3-5-7-13)18-16(20)15-11-17-8-9-21-15/h3-7,14-15,17H,8-12H2,1-2H3,(H,18,20). The van der Waals surface area contributed by atoms with E-state index in [1.807, 2.05) is 32.3 Å². The Labute approximate surface area is 126 Å². The number of ether oxygens (including phenoxy) is 1. The summed E-state index contributed by atoms with van der Waals surface area (Å²) in [7, 11) is 4.03. The van der Waals surface area contributed by atoms with E-state index in [1.165, 1.54) is 5.56 Å². The molecule has 0 saturated carbocycles. The van der Waals surface area contributed by atoms with Crippen LogP contribution in [0.4, 0.5) is 0 Å².